The number of aryl methyl sites for hydroxylation is 1. The molecule has 2 aromatic rings. The van der Waals surface area contributed by atoms with Gasteiger partial charge in [-0.3, -0.25) is 14.2 Å². The van der Waals surface area contributed by atoms with Crippen molar-refractivity contribution in [1.82, 2.24) is 24.9 Å². The highest BCUT2D eigenvalue weighted by Gasteiger charge is 2.15. The van der Waals surface area contributed by atoms with E-state index in [-0.39, 0.29) is 5.91 Å². The Kier molecular flexibility index (Phi) is 4.21. The first kappa shape index (κ1) is 13.6. The number of hydrogen-bond donors (Lipinski definition) is 1. The van der Waals surface area contributed by atoms with Gasteiger partial charge in [-0.25, -0.2) is 0 Å². The molecule has 19 heavy (non-hydrogen) atoms. The summed E-state index contributed by atoms with van der Waals surface area (Å²) in [5.74, 6) is -0.120. The highest BCUT2D eigenvalue weighted by Crippen LogP contribution is 2.10. The highest BCUT2D eigenvalue weighted by atomic mass is 35.5. The molecule has 2 rings (SSSR count). The third-order valence-electron chi connectivity index (χ3n) is 2.81. The third kappa shape index (κ3) is 3.35. The largest absolute Gasteiger partial charge is 0.349 e. The maximum Gasteiger partial charge on any atom is 0.244 e. The molecule has 0 saturated carbocycles. The molecule has 2 aromatic heterocycles. The minimum absolute atomic E-state index is 0.120. The molecule has 6 nitrogen and oxygen atoms in total. The van der Waals surface area contributed by atoms with Crippen molar-refractivity contribution in [2.24, 2.45) is 0 Å². The Labute approximate surface area is 116 Å². The van der Waals surface area contributed by atoms with Crippen molar-refractivity contribution in [1.29, 1.82) is 0 Å². The van der Waals surface area contributed by atoms with Gasteiger partial charge in [0.2, 0.25) is 5.91 Å². The summed E-state index contributed by atoms with van der Waals surface area (Å²) in [5.41, 5.74) is 0.834. The van der Waals surface area contributed by atoms with E-state index in [4.69, 9.17) is 11.6 Å². The zero-order valence-corrected chi connectivity index (χ0v) is 11.6. The van der Waals surface area contributed by atoms with Crippen LogP contribution in [-0.4, -0.2) is 25.5 Å². The van der Waals surface area contributed by atoms with Crippen LogP contribution < -0.4 is 5.32 Å². The van der Waals surface area contributed by atoms with Gasteiger partial charge in [0.05, 0.1) is 23.5 Å². The van der Waals surface area contributed by atoms with Gasteiger partial charge < -0.3 is 5.32 Å². The van der Waals surface area contributed by atoms with Crippen LogP contribution in [0.25, 0.3) is 0 Å². The van der Waals surface area contributed by atoms with Crippen LogP contribution in [0.15, 0.2) is 24.7 Å². The monoisotopic (exact) mass is 281 g/mol. The number of amides is 1. The SMILES string of the molecule is CCn1ccc(CNC(=O)C(C)n2cc(Cl)cn2)n1. The number of halogens is 1. The number of nitrogens with one attached hydrogen (secondary N) is 1. The lowest BCUT2D eigenvalue weighted by Crippen LogP contribution is -2.31. The van der Waals surface area contributed by atoms with Crippen LogP contribution in [0.3, 0.4) is 0 Å². The van der Waals surface area contributed by atoms with E-state index >= 15 is 0 Å². The van der Waals surface area contributed by atoms with E-state index in [1.165, 1.54) is 10.9 Å². The van der Waals surface area contributed by atoms with Gasteiger partial charge in [0.1, 0.15) is 6.04 Å². The van der Waals surface area contributed by atoms with Crippen LogP contribution in [-0.2, 0) is 17.9 Å². The Bertz CT molecular complexity index is 562. The van der Waals surface area contributed by atoms with Crippen molar-refractivity contribution in [3.05, 3.63) is 35.4 Å². The van der Waals surface area contributed by atoms with E-state index in [1.54, 1.807) is 13.1 Å². The molecule has 0 bridgehead atoms. The normalized spacial score (nSPS) is 12.4. The molecule has 0 radical (unpaired) electrons. The first-order valence-corrected chi connectivity index (χ1v) is 6.47. The van der Waals surface area contributed by atoms with Gasteiger partial charge in [0, 0.05) is 18.9 Å². The molecule has 0 aliphatic carbocycles. The second-order valence-electron chi connectivity index (χ2n) is 4.20. The topological polar surface area (TPSA) is 64.7 Å². The fraction of sp³-hybridized carbons (Fsp3) is 0.417. The smallest absolute Gasteiger partial charge is 0.244 e. The van der Waals surface area contributed by atoms with Crippen molar-refractivity contribution in [2.75, 3.05) is 0 Å². The summed E-state index contributed by atoms with van der Waals surface area (Å²) in [5, 5.41) is 11.6. The van der Waals surface area contributed by atoms with Gasteiger partial charge in [0.15, 0.2) is 0 Å². The standard InChI is InChI=1S/C12H16ClN5O/c1-3-17-5-4-11(16-17)7-14-12(19)9(2)18-8-10(13)6-15-18/h4-6,8-9H,3,7H2,1-2H3,(H,14,19). The quantitative estimate of drug-likeness (QED) is 0.906. The molecule has 0 aliphatic heterocycles. The average Bonchev–Trinajstić information content (AvgIpc) is 3.03. The summed E-state index contributed by atoms with van der Waals surface area (Å²) < 4.78 is 3.35. The molecule has 0 saturated heterocycles. The van der Waals surface area contributed by atoms with Gasteiger partial charge >= 0.3 is 0 Å². The molecule has 1 unspecified atom stereocenters. The minimum atomic E-state index is -0.402. The van der Waals surface area contributed by atoms with E-state index in [9.17, 15) is 4.79 Å². The van der Waals surface area contributed by atoms with Crippen molar-refractivity contribution in [3.63, 3.8) is 0 Å². The average molecular weight is 282 g/mol. The Morgan fingerprint density at radius 2 is 2.37 bits per heavy atom. The fourth-order valence-corrected chi connectivity index (χ4v) is 1.79. The van der Waals surface area contributed by atoms with Gasteiger partial charge in [-0.15, -0.1) is 0 Å². The third-order valence-corrected chi connectivity index (χ3v) is 3.01. The van der Waals surface area contributed by atoms with E-state index in [1.807, 2.05) is 23.9 Å². The Balaban J connectivity index is 1.90. The zero-order chi connectivity index (χ0) is 13.8. The number of carbonyl (C=O) groups excluding carboxylic acids is 1. The van der Waals surface area contributed by atoms with Gasteiger partial charge in [-0.1, -0.05) is 11.6 Å². The van der Waals surface area contributed by atoms with Crippen molar-refractivity contribution in [3.8, 4) is 0 Å². The summed E-state index contributed by atoms with van der Waals surface area (Å²) >= 11 is 5.77. The predicted octanol–water partition coefficient (Wildman–Crippen LogP) is 1.63. The number of rotatable bonds is 5. The second kappa shape index (κ2) is 5.88. The Morgan fingerprint density at radius 3 is 2.95 bits per heavy atom. The maximum atomic E-state index is 12.0. The summed E-state index contributed by atoms with van der Waals surface area (Å²) in [7, 11) is 0. The van der Waals surface area contributed by atoms with Crippen LogP contribution in [0.4, 0.5) is 0 Å². The molecule has 0 aliphatic rings. The number of carbonyl (C=O) groups is 1. The van der Waals surface area contributed by atoms with E-state index < -0.39 is 6.04 Å². The van der Waals surface area contributed by atoms with Crippen molar-refractivity contribution < 1.29 is 4.79 Å². The first-order chi connectivity index (χ1) is 9.10. The summed E-state index contributed by atoms with van der Waals surface area (Å²) in [6, 6.07) is 1.49. The molecule has 1 N–H and O–H groups in total. The van der Waals surface area contributed by atoms with Crippen LogP contribution >= 0.6 is 11.6 Å². The summed E-state index contributed by atoms with van der Waals surface area (Å²) in [4.78, 5) is 12.0. The van der Waals surface area contributed by atoms with Crippen LogP contribution in [0.1, 0.15) is 25.6 Å². The lowest BCUT2D eigenvalue weighted by molar-refractivity contribution is -0.124. The van der Waals surface area contributed by atoms with Gasteiger partial charge in [-0.2, -0.15) is 10.2 Å². The maximum absolute atomic E-state index is 12.0. The molecule has 1 atom stereocenters. The molecule has 0 fully saturated rings. The lowest BCUT2D eigenvalue weighted by Gasteiger charge is -2.11. The fourth-order valence-electron chi connectivity index (χ4n) is 1.65. The molecule has 7 heteroatoms. The van der Waals surface area contributed by atoms with Crippen LogP contribution in [0.5, 0.6) is 0 Å². The molecular formula is C12H16ClN5O. The number of nitrogens with zero attached hydrogens (tertiary/aromatic N) is 4. The number of aromatic nitrogens is 4. The molecule has 0 aromatic carbocycles. The van der Waals surface area contributed by atoms with Gasteiger partial charge in [0.25, 0.3) is 0 Å². The van der Waals surface area contributed by atoms with E-state index in [0.29, 0.717) is 11.6 Å². The Hall–Kier alpha value is -1.82. The first-order valence-electron chi connectivity index (χ1n) is 6.10. The molecule has 0 spiro atoms. The van der Waals surface area contributed by atoms with E-state index in [0.717, 1.165) is 12.2 Å². The molecular weight excluding hydrogens is 266 g/mol. The summed E-state index contributed by atoms with van der Waals surface area (Å²) in [6.07, 6.45) is 5.02. The van der Waals surface area contributed by atoms with Crippen molar-refractivity contribution >= 4 is 17.5 Å². The second-order valence-corrected chi connectivity index (χ2v) is 4.63. The highest BCUT2D eigenvalue weighted by molar-refractivity contribution is 6.30. The predicted molar refractivity (Wildman–Crippen MR) is 71.7 cm³/mol. The lowest BCUT2D eigenvalue weighted by atomic mass is 10.3. The van der Waals surface area contributed by atoms with Crippen LogP contribution in [0.2, 0.25) is 5.02 Å². The Morgan fingerprint density at radius 1 is 1.58 bits per heavy atom. The summed E-state index contributed by atoms with van der Waals surface area (Å²) in [6.45, 7) is 5.00. The van der Waals surface area contributed by atoms with Gasteiger partial charge in [-0.05, 0) is 19.9 Å². The van der Waals surface area contributed by atoms with E-state index in [2.05, 4.69) is 15.5 Å². The molecule has 2 heterocycles. The number of hydrogen-bond acceptors (Lipinski definition) is 3. The van der Waals surface area contributed by atoms with Crippen molar-refractivity contribution in [2.45, 2.75) is 33.0 Å². The zero-order valence-electron chi connectivity index (χ0n) is 10.9. The van der Waals surface area contributed by atoms with Crippen LogP contribution in [0, 0.1) is 0 Å². The molecule has 102 valence electrons. The minimum Gasteiger partial charge on any atom is -0.349 e. The molecule has 1 amide bonds.